The minimum absolute atomic E-state index is 0.568. The molecule has 0 saturated heterocycles. The first-order valence-corrected chi connectivity index (χ1v) is 19.2. The van der Waals surface area contributed by atoms with Gasteiger partial charge in [0.15, 0.2) is 23.2 Å². The SMILES string of the molecule is [C-]#[N+]c1ccccc1-c1ccc(-c2nc(-c3ccccc3)nc(-c3cccc(-c4ccc5c(c4)Oc4ccccc4C5(c4ccccc4)c4ccccc4)c3)n2)cc1. The van der Waals surface area contributed by atoms with Crippen molar-refractivity contribution in [1.29, 1.82) is 0 Å². The molecule has 0 bridgehead atoms. The van der Waals surface area contributed by atoms with Crippen molar-refractivity contribution in [2.75, 3.05) is 0 Å². The molecule has 5 nitrogen and oxygen atoms in total. The van der Waals surface area contributed by atoms with E-state index in [2.05, 4.69) is 114 Å². The summed E-state index contributed by atoms with van der Waals surface area (Å²) >= 11 is 0. The van der Waals surface area contributed by atoms with Crippen molar-refractivity contribution in [2.24, 2.45) is 0 Å². The third-order valence-corrected chi connectivity index (χ3v) is 10.9. The largest absolute Gasteiger partial charge is 0.457 e. The van der Waals surface area contributed by atoms with E-state index in [-0.39, 0.29) is 0 Å². The van der Waals surface area contributed by atoms with Crippen LogP contribution >= 0.6 is 0 Å². The summed E-state index contributed by atoms with van der Waals surface area (Å²) in [6, 6.07) is 70.4. The Kier molecular flexibility index (Phi) is 8.70. The predicted molar refractivity (Wildman–Crippen MR) is 232 cm³/mol. The average Bonchev–Trinajstić information content (AvgIpc) is 3.31. The van der Waals surface area contributed by atoms with E-state index in [1.807, 2.05) is 97.1 Å². The summed E-state index contributed by atoms with van der Waals surface area (Å²) in [4.78, 5) is 18.8. The van der Waals surface area contributed by atoms with E-state index in [9.17, 15) is 0 Å². The van der Waals surface area contributed by atoms with E-state index in [0.717, 1.165) is 61.6 Å². The Bertz CT molecular complexity index is 2940. The van der Waals surface area contributed by atoms with Crippen LogP contribution in [0.25, 0.3) is 61.3 Å². The number of fused-ring (bicyclic) bond motifs is 2. The molecule has 2 heterocycles. The minimum Gasteiger partial charge on any atom is -0.457 e. The summed E-state index contributed by atoms with van der Waals surface area (Å²) in [6.07, 6.45) is 0. The van der Waals surface area contributed by atoms with Crippen LogP contribution in [0.3, 0.4) is 0 Å². The molecule has 0 unspecified atom stereocenters. The fourth-order valence-electron chi connectivity index (χ4n) is 8.19. The van der Waals surface area contributed by atoms with E-state index in [4.69, 9.17) is 26.3 Å². The molecule has 272 valence electrons. The third-order valence-electron chi connectivity index (χ3n) is 10.9. The van der Waals surface area contributed by atoms with Crippen LogP contribution < -0.4 is 4.74 Å². The Morgan fingerprint density at radius 2 is 0.862 bits per heavy atom. The van der Waals surface area contributed by atoms with Crippen molar-refractivity contribution in [3.63, 3.8) is 0 Å². The third kappa shape index (κ3) is 6.01. The first-order valence-electron chi connectivity index (χ1n) is 19.2. The molecule has 0 aliphatic carbocycles. The molecule has 1 aromatic heterocycles. The molecule has 0 atom stereocenters. The van der Waals surface area contributed by atoms with Crippen LogP contribution in [0, 0.1) is 6.57 Å². The lowest BCUT2D eigenvalue weighted by Crippen LogP contribution is -2.34. The lowest BCUT2D eigenvalue weighted by atomic mass is 9.63. The molecule has 0 amide bonds. The second kappa shape index (κ2) is 14.6. The van der Waals surface area contributed by atoms with Gasteiger partial charge in [0.25, 0.3) is 0 Å². The molecule has 0 N–H and O–H groups in total. The molecule has 0 radical (unpaired) electrons. The lowest BCUT2D eigenvalue weighted by Gasteiger charge is -2.41. The van der Waals surface area contributed by atoms with Crippen molar-refractivity contribution >= 4 is 5.69 Å². The smallest absolute Gasteiger partial charge is 0.194 e. The molecule has 1 aliphatic heterocycles. The number of nitrogens with zero attached hydrogens (tertiary/aromatic N) is 4. The number of aromatic nitrogens is 3. The van der Waals surface area contributed by atoms with Crippen molar-refractivity contribution in [2.45, 2.75) is 5.41 Å². The van der Waals surface area contributed by atoms with Crippen molar-refractivity contribution < 1.29 is 4.74 Å². The normalized spacial score (nSPS) is 12.4. The molecule has 0 saturated carbocycles. The molecule has 8 aromatic carbocycles. The van der Waals surface area contributed by atoms with Crippen LogP contribution in [-0.4, -0.2) is 15.0 Å². The Balaban J connectivity index is 1.08. The fourth-order valence-corrected chi connectivity index (χ4v) is 8.19. The highest BCUT2D eigenvalue weighted by atomic mass is 16.5. The van der Waals surface area contributed by atoms with Crippen LogP contribution in [0.5, 0.6) is 11.5 Å². The number of hydrogen-bond acceptors (Lipinski definition) is 4. The van der Waals surface area contributed by atoms with Crippen molar-refractivity contribution in [3.05, 3.63) is 240 Å². The van der Waals surface area contributed by atoms with Gasteiger partial charge >= 0.3 is 0 Å². The topological polar surface area (TPSA) is 52.3 Å². The Hall–Kier alpha value is -7.94. The first kappa shape index (κ1) is 34.5. The number of rotatable bonds is 7. The van der Waals surface area contributed by atoms with Gasteiger partial charge in [-0.15, -0.1) is 0 Å². The highest BCUT2D eigenvalue weighted by Crippen LogP contribution is 2.55. The predicted octanol–water partition coefficient (Wildman–Crippen LogP) is 13.2. The van der Waals surface area contributed by atoms with Crippen molar-refractivity contribution in [3.8, 4) is 67.9 Å². The summed E-state index contributed by atoms with van der Waals surface area (Å²) in [7, 11) is 0. The average molecular weight is 743 g/mol. The molecule has 0 fully saturated rings. The van der Waals surface area contributed by atoms with Gasteiger partial charge in [0.2, 0.25) is 0 Å². The van der Waals surface area contributed by atoms with Gasteiger partial charge in [-0.05, 0) is 51.6 Å². The van der Waals surface area contributed by atoms with Gasteiger partial charge in [0.05, 0.1) is 12.0 Å². The summed E-state index contributed by atoms with van der Waals surface area (Å²) in [5.41, 5.74) is 11.1. The molecule has 5 heteroatoms. The van der Waals surface area contributed by atoms with Gasteiger partial charge in [0, 0.05) is 27.8 Å². The zero-order valence-electron chi connectivity index (χ0n) is 31.3. The lowest BCUT2D eigenvalue weighted by molar-refractivity contribution is 0.435. The summed E-state index contributed by atoms with van der Waals surface area (Å²) < 4.78 is 6.78. The molecule has 10 rings (SSSR count). The molecular weight excluding hydrogens is 709 g/mol. The van der Waals surface area contributed by atoms with Crippen LogP contribution in [0.1, 0.15) is 22.3 Å². The van der Waals surface area contributed by atoms with E-state index >= 15 is 0 Å². The Morgan fingerprint density at radius 3 is 1.55 bits per heavy atom. The molecular formula is C53H34N4O. The Morgan fingerprint density at radius 1 is 0.379 bits per heavy atom. The van der Waals surface area contributed by atoms with Crippen LogP contribution in [0.4, 0.5) is 5.69 Å². The van der Waals surface area contributed by atoms with Gasteiger partial charge in [-0.1, -0.05) is 188 Å². The van der Waals surface area contributed by atoms with Crippen LogP contribution in [0.2, 0.25) is 0 Å². The van der Waals surface area contributed by atoms with E-state index in [0.29, 0.717) is 23.2 Å². The minimum atomic E-state index is -0.583. The van der Waals surface area contributed by atoms with E-state index < -0.39 is 5.41 Å². The standard InChI is InChI=1S/C53H34N4O/c1-54-47-26-13-11-24-44(47)36-28-30-38(31-29-36)51-55-50(37-16-5-2-6-17-37)56-52(57-51)41-19-15-18-39(34-41)40-32-33-46-49(35-40)58-48-27-14-12-25-45(48)53(46,42-20-7-3-8-21-42)43-22-9-4-10-23-43/h2-35H. The van der Waals surface area contributed by atoms with E-state index in [1.54, 1.807) is 0 Å². The van der Waals surface area contributed by atoms with Gasteiger partial charge < -0.3 is 4.74 Å². The maximum atomic E-state index is 7.63. The fraction of sp³-hybridized carbons (Fsp3) is 0.0189. The van der Waals surface area contributed by atoms with E-state index in [1.165, 1.54) is 11.1 Å². The maximum absolute atomic E-state index is 7.63. The summed E-state index contributed by atoms with van der Waals surface area (Å²) in [5.74, 6) is 3.38. The second-order valence-electron chi connectivity index (χ2n) is 14.3. The first-order chi connectivity index (χ1) is 28.7. The molecule has 0 spiro atoms. The monoisotopic (exact) mass is 742 g/mol. The highest BCUT2D eigenvalue weighted by Gasteiger charge is 2.45. The van der Waals surface area contributed by atoms with Crippen LogP contribution in [-0.2, 0) is 5.41 Å². The van der Waals surface area contributed by atoms with Crippen molar-refractivity contribution in [1.82, 2.24) is 15.0 Å². The van der Waals surface area contributed by atoms with Gasteiger partial charge in [0.1, 0.15) is 11.5 Å². The van der Waals surface area contributed by atoms with Crippen LogP contribution in [0.15, 0.2) is 206 Å². The van der Waals surface area contributed by atoms with Gasteiger partial charge in [-0.3, -0.25) is 0 Å². The summed E-state index contributed by atoms with van der Waals surface area (Å²) in [6.45, 7) is 7.63. The Labute approximate surface area is 337 Å². The number of benzene rings is 8. The zero-order chi connectivity index (χ0) is 38.9. The second-order valence-corrected chi connectivity index (χ2v) is 14.3. The zero-order valence-corrected chi connectivity index (χ0v) is 31.3. The van der Waals surface area contributed by atoms with Gasteiger partial charge in [-0.2, -0.15) is 0 Å². The highest BCUT2D eigenvalue weighted by molar-refractivity contribution is 5.80. The number of para-hydroxylation sites is 2. The summed E-state index contributed by atoms with van der Waals surface area (Å²) in [5, 5.41) is 0. The molecule has 1 aliphatic rings. The van der Waals surface area contributed by atoms with Gasteiger partial charge in [-0.25, -0.2) is 19.8 Å². The number of ether oxygens (including phenoxy) is 1. The quantitative estimate of drug-likeness (QED) is 0.153. The number of hydrogen-bond donors (Lipinski definition) is 0. The molecule has 9 aromatic rings. The molecule has 58 heavy (non-hydrogen) atoms. The maximum Gasteiger partial charge on any atom is 0.194 e.